The molecule has 4 aliphatic heterocycles. The van der Waals surface area contributed by atoms with Gasteiger partial charge in [0.05, 0.1) is 51.5 Å². The maximum atomic E-state index is 17.2. The van der Waals surface area contributed by atoms with Crippen molar-refractivity contribution in [2.24, 2.45) is 11.3 Å². The fraction of sp³-hybridized carbons (Fsp3) is 0.516. The number of halogens is 2. The number of phenolic OH excluding ortho intramolecular Hbond substituents is 1. The summed E-state index contributed by atoms with van der Waals surface area (Å²) in [5.41, 5.74) is 5.13. The Bertz CT molecular complexity index is 3560. The number of phenols is 1. The summed E-state index contributed by atoms with van der Waals surface area (Å²) in [5, 5.41) is 46.4. The van der Waals surface area contributed by atoms with Gasteiger partial charge in [0.1, 0.15) is 40.7 Å². The molecule has 1 saturated carbocycles. The van der Waals surface area contributed by atoms with Crippen LogP contribution in [-0.4, -0.2) is 160 Å². The van der Waals surface area contributed by atoms with Crippen molar-refractivity contribution in [3.63, 3.8) is 0 Å². The molecule has 2 amide bonds. The van der Waals surface area contributed by atoms with Crippen LogP contribution < -0.4 is 15.0 Å². The predicted octanol–water partition coefficient (Wildman–Crippen LogP) is 8.52. The molecule has 18 nitrogen and oxygen atoms in total. The number of benzene rings is 3. The minimum Gasteiger partial charge on any atom is -0.508 e. The number of thiazole rings is 1. The molecule has 1 aliphatic carbocycles. The number of carbonyl (C=O) groups excluding carboxylic acids is 2. The van der Waals surface area contributed by atoms with E-state index in [0.29, 0.717) is 66.0 Å². The summed E-state index contributed by atoms with van der Waals surface area (Å²) in [4.78, 5) is 56.5. The van der Waals surface area contributed by atoms with Gasteiger partial charge in [-0.05, 0) is 130 Å². The number of nitrogens with zero attached hydrogens (tertiary/aromatic N) is 11. The second kappa shape index (κ2) is 22.7. The minimum absolute atomic E-state index is 0.00630. The normalized spacial score (nSPS) is 22.3. The van der Waals surface area contributed by atoms with E-state index in [-0.39, 0.29) is 83.2 Å². The number of fused-ring (bicyclic) bond motifs is 2. The number of hydrogen-bond donors (Lipinski definition) is 4. The Morgan fingerprint density at radius 2 is 1.75 bits per heavy atom. The number of ether oxygens (including phenoxy) is 1. The Kier molecular flexibility index (Phi) is 15.5. The standard InChI is InChI=1S/C62H74F2N12O6S/c1-7-45-48(63)14-13-40-23-43(77)24-46(51(40)45)53-52(64)54-47(26-65-53)57(73-20-8-17-61(6,81)31-73)69-60(68-54)82-33-62(18-19-62)32-72-21-15-42(16-22-72)74-27-41(28-74)49-30-76(71-70-49)55(35(2)3)59(80)75-29-44(78)25-50(75)58(79)67-36(4)38-9-11-39(12-10-38)56-37(5)66-34-83-56/h9-14,23-24,26,30,34-36,41-42,44,50,55,77-78,81H,7-8,15-22,25,27-29,31-33H2,1-6H3,(H,67,79)/t36-,44+,50-,55-,61+/m0/s1. The summed E-state index contributed by atoms with van der Waals surface area (Å²) in [5.74, 6) is -1.39. The van der Waals surface area contributed by atoms with Crippen molar-refractivity contribution in [3.8, 4) is 33.5 Å². The van der Waals surface area contributed by atoms with E-state index in [0.717, 1.165) is 85.8 Å². The number of amides is 2. The van der Waals surface area contributed by atoms with Crippen LogP contribution in [0.25, 0.3) is 43.4 Å². The van der Waals surface area contributed by atoms with Gasteiger partial charge in [-0.25, -0.2) is 18.4 Å². The molecule has 0 unspecified atom stereocenters. The summed E-state index contributed by atoms with van der Waals surface area (Å²) in [6.45, 7) is 17.1. The Morgan fingerprint density at radius 1 is 0.976 bits per heavy atom. The maximum absolute atomic E-state index is 17.2. The molecule has 5 atom stereocenters. The molecule has 0 spiro atoms. The SMILES string of the molecule is CCc1c(F)ccc2cc(O)cc(-c3ncc4c(N5CCC[C@@](C)(O)C5)nc(OCC5(CN6CCC(N7CC(c8cn([C@H](C(=O)N9C[C@H](O)C[C@H]9C(=O)N[C@@H](C)c9ccc(-c%10scnc%10C)cc9)C(C)C)nn8)C7)CC6)CC5)nc4c3F)c12. The molecule has 438 valence electrons. The molecule has 83 heavy (non-hydrogen) atoms. The average Bonchev–Trinajstić information content (AvgIpc) is 2.38. The molecule has 4 aromatic heterocycles. The highest BCUT2D eigenvalue weighted by Crippen LogP contribution is 2.48. The first-order valence-electron chi connectivity index (χ1n) is 29.4. The number of pyridine rings is 1. The van der Waals surface area contributed by atoms with Crippen LogP contribution >= 0.6 is 11.3 Å². The van der Waals surface area contributed by atoms with Gasteiger partial charge in [0, 0.05) is 81.0 Å². The maximum Gasteiger partial charge on any atom is 0.319 e. The first-order chi connectivity index (χ1) is 39.8. The van der Waals surface area contributed by atoms with Gasteiger partial charge < -0.3 is 40.1 Å². The van der Waals surface area contributed by atoms with E-state index in [1.807, 2.05) is 75.5 Å². The third kappa shape index (κ3) is 11.4. The zero-order valence-corrected chi connectivity index (χ0v) is 48.9. The van der Waals surface area contributed by atoms with E-state index >= 15 is 8.78 Å². The number of β-amino-alcohol motifs (C(OH)–C–C–N with tert-alkyl or cyclic N) is 2. The average molecular weight is 1150 g/mol. The van der Waals surface area contributed by atoms with Crippen molar-refractivity contribution in [3.05, 3.63) is 101 Å². The highest BCUT2D eigenvalue weighted by Gasteiger charge is 2.47. The van der Waals surface area contributed by atoms with Gasteiger partial charge in [0.25, 0.3) is 0 Å². The highest BCUT2D eigenvalue weighted by molar-refractivity contribution is 7.13. The van der Waals surface area contributed by atoms with Crippen molar-refractivity contribution >= 4 is 50.6 Å². The highest BCUT2D eigenvalue weighted by atomic mass is 32.1. The number of likely N-dealkylation sites (tertiary alicyclic amines) is 3. The lowest BCUT2D eigenvalue weighted by atomic mass is 9.91. The molecule has 0 radical (unpaired) electrons. The van der Waals surface area contributed by atoms with Gasteiger partial charge in [-0.2, -0.15) is 9.97 Å². The first kappa shape index (κ1) is 56.7. The van der Waals surface area contributed by atoms with Crippen LogP contribution in [0, 0.1) is 29.9 Å². The third-order valence-electron chi connectivity index (χ3n) is 18.1. The van der Waals surface area contributed by atoms with Crippen LogP contribution in [0.5, 0.6) is 11.8 Å². The Labute approximate surface area is 485 Å². The van der Waals surface area contributed by atoms with Crippen molar-refractivity contribution in [2.45, 2.75) is 135 Å². The quantitative estimate of drug-likeness (QED) is 0.0673. The zero-order valence-electron chi connectivity index (χ0n) is 48.1. The topological polar surface area (TPSA) is 211 Å². The number of aliphatic hydroxyl groups excluding tert-OH is 1. The van der Waals surface area contributed by atoms with Gasteiger partial charge in [-0.1, -0.05) is 56.3 Å². The second-order valence-electron chi connectivity index (χ2n) is 24.8. The van der Waals surface area contributed by atoms with E-state index in [4.69, 9.17) is 14.7 Å². The Hall–Kier alpha value is -6.78. The predicted molar refractivity (Wildman–Crippen MR) is 313 cm³/mol. The number of carbonyl (C=O) groups is 2. The van der Waals surface area contributed by atoms with Gasteiger partial charge in [0.2, 0.25) is 11.8 Å². The van der Waals surface area contributed by atoms with Crippen LogP contribution in [-0.2, 0) is 16.0 Å². The molecular weight excluding hydrogens is 1080 g/mol. The summed E-state index contributed by atoms with van der Waals surface area (Å²) in [6, 6.07) is 12.5. The van der Waals surface area contributed by atoms with Gasteiger partial charge in [0.15, 0.2) is 5.82 Å². The molecule has 21 heteroatoms. The third-order valence-corrected chi connectivity index (χ3v) is 19.1. The molecule has 12 rings (SSSR count). The zero-order chi connectivity index (χ0) is 58.1. The second-order valence-corrected chi connectivity index (χ2v) is 25.6. The largest absolute Gasteiger partial charge is 0.508 e. The van der Waals surface area contributed by atoms with Crippen LogP contribution in [0.15, 0.2) is 66.4 Å². The van der Waals surface area contributed by atoms with Gasteiger partial charge >= 0.3 is 6.01 Å². The molecule has 3 aromatic carbocycles. The van der Waals surface area contributed by atoms with Crippen LogP contribution in [0.4, 0.5) is 14.6 Å². The van der Waals surface area contributed by atoms with Crippen molar-refractivity contribution in [1.29, 1.82) is 0 Å². The van der Waals surface area contributed by atoms with Crippen LogP contribution in [0.3, 0.4) is 0 Å². The van der Waals surface area contributed by atoms with E-state index in [2.05, 4.69) is 35.4 Å². The molecule has 7 aromatic rings. The summed E-state index contributed by atoms with van der Waals surface area (Å²) >= 11 is 1.59. The number of anilines is 1. The Morgan fingerprint density at radius 3 is 2.45 bits per heavy atom. The molecule has 8 heterocycles. The fourth-order valence-corrected chi connectivity index (χ4v) is 14.1. The van der Waals surface area contributed by atoms with Crippen LogP contribution in [0.1, 0.15) is 120 Å². The smallest absolute Gasteiger partial charge is 0.319 e. The number of nitrogens with one attached hydrogen (secondary N) is 1. The summed E-state index contributed by atoms with van der Waals surface area (Å²) < 4.78 is 40.6. The monoisotopic (exact) mass is 1150 g/mol. The van der Waals surface area contributed by atoms with E-state index in [1.54, 1.807) is 29.0 Å². The van der Waals surface area contributed by atoms with Gasteiger partial charge in [-0.15, -0.1) is 16.4 Å². The van der Waals surface area contributed by atoms with E-state index in [9.17, 15) is 24.9 Å². The molecule has 5 aliphatic rings. The molecular formula is C62H74F2N12O6S. The summed E-state index contributed by atoms with van der Waals surface area (Å²) in [7, 11) is 0. The first-order valence-corrected chi connectivity index (χ1v) is 30.3. The van der Waals surface area contributed by atoms with Gasteiger partial charge in [-0.3, -0.25) is 19.5 Å². The molecule has 0 bridgehead atoms. The number of aromatic hydroxyl groups is 1. The number of piperidine rings is 2. The number of hydrogen-bond acceptors (Lipinski definition) is 16. The lowest BCUT2D eigenvalue weighted by Gasteiger charge is -2.47. The molecule has 4 N–H and O–H groups in total. The Balaban J connectivity index is 0.663. The van der Waals surface area contributed by atoms with Crippen LogP contribution in [0.2, 0.25) is 0 Å². The lowest BCUT2D eigenvalue weighted by Crippen LogP contribution is -2.54. The fourth-order valence-electron chi connectivity index (χ4n) is 13.3. The molecule has 4 saturated heterocycles. The van der Waals surface area contributed by atoms with Crippen molar-refractivity contribution in [2.75, 3.05) is 63.9 Å². The minimum atomic E-state index is -0.985. The van der Waals surface area contributed by atoms with E-state index in [1.165, 1.54) is 29.3 Å². The lowest BCUT2D eigenvalue weighted by molar-refractivity contribution is -0.142. The number of rotatable bonds is 17. The van der Waals surface area contributed by atoms with Crippen molar-refractivity contribution < 1.29 is 38.4 Å². The van der Waals surface area contributed by atoms with E-state index < -0.39 is 35.4 Å². The molecule has 5 fully saturated rings. The number of aliphatic hydroxyl groups is 2. The van der Waals surface area contributed by atoms with Crippen molar-refractivity contribution in [1.82, 2.24) is 54.9 Å². The number of aromatic nitrogens is 7. The summed E-state index contributed by atoms with van der Waals surface area (Å²) in [6.07, 6.45) is 8.40. The number of aryl methyl sites for hydroxylation is 2.